The van der Waals surface area contributed by atoms with E-state index in [0.717, 1.165) is 5.56 Å². The van der Waals surface area contributed by atoms with Crippen LogP contribution >= 0.6 is 11.6 Å². The van der Waals surface area contributed by atoms with E-state index < -0.39 is 0 Å². The Morgan fingerprint density at radius 3 is 2.23 bits per heavy atom. The van der Waals surface area contributed by atoms with Crippen molar-refractivity contribution >= 4 is 34.8 Å². The molecule has 150 valence electrons. The molecule has 1 amide bonds. The van der Waals surface area contributed by atoms with Gasteiger partial charge in [0.1, 0.15) is 0 Å². The molecule has 0 saturated heterocycles. The third-order valence-corrected chi connectivity index (χ3v) is 5.41. The maximum Gasteiger partial charge on any atom is 0.238 e. The molecule has 0 unspecified atom stereocenters. The van der Waals surface area contributed by atoms with Gasteiger partial charge in [-0.2, -0.15) is 0 Å². The Hall–Kier alpha value is -3.28. The SMILES string of the molecule is CN(CC(=O)Nc1cccc2c1C(=O)c1ccccc1C2=O)Cc1ccccc1Cl. The van der Waals surface area contributed by atoms with E-state index >= 15 is 0 Å². The summed E-state index contributed by atoms with van der Waals surface area (Å²) in [5, 5.41) is 3.44. The molecule has 3 aromatic carbocycles. The number of anilines is 1. The number of hydrogen-bond acceptors (Lipinski definition) is 4. The van der Waals surface area contributed by atoms with Gasteiger partial charge in [-0.15, -0.1) is 0 Å². The number of hydrogen-bond donors (Lipinski definition) is 1. The van der Waals surface area contributed by atoms with Gasteiger partial charge in [-0.3, -0.25) is 19.3 Å². The van der Waals surface area contributed by atoms with Crippen molar-refractivity contribution in [3.8, 4) is 0 Å². The Balaban J connectivity index is 1.53. The van der Waals surface area contributed by atoms with E-state index in [0.29, 0.717) is 33.9 Å². The monoisotopic (exact) mass is 418 g/mol. The van der Waals surface area contributed by atoms with Gasteiger partial charge in [0.05, 0.1) is 17.8 Å². The van der Waals surface area contributed by atoms with E-state index in [1.54, 1.807) is 42.5 Å². The number of halogens is 1. The van der Waals surface area contributed by atoms with E-state index in [1.165, 1.54) is 0 Å². The second-order valence-electron chi connectivity index (χ2n) is 7.24. The molecule has 30 heavy (non-hydrogen) atoms. The fourth-order valence-electron chi connectivity index (χ4n) is 3.66. The zero-order valence-corrected chi connectivity index (χ0v) is 17.1. The van der Waals surface area contributed by atoms with Crippen LogP contribution in [0.2, 0.25) is 5.02 Å². The average Bonchev–Trinajstić information content (AvgIpc) is 2.73. The van der Waals surface area contributed by atoms with Crippen LogP contribution in [-0.2, 0) is 11.3 Å². The predicted molar refractivity (Wildman–Crippen MR) is 116 cm³/mol. The number of nitrogens with one attached hydrogen (secondary N) is 1. The maximum absolute atomic E-state index is 13.0. The zero-order chi connectivity index (χ0) is 21.3. The van der Waals surface area contributed by atoms with Crippen molar-refractivity contribution in [2.45, 2.75) is 6.54 Å². The Kier molecular flexibility index (Phi) is 5.48. The highest BCUT2D eigenvalue weighted by Gasteiger charge is 2.31. The number of rotatable bonds is 5. The highest BCUT2D eigenvalue weighted by molar-refractivity contribution is 6.31. The van der Waals surface area contributed by atoms with Crippen molar-refractivity contribution in [3.05, 3.63) is 99.6 Å². The Morgan fingerprint density at radius 1 is 0.867 bits per heavy atom. The molecular weight excluding hydrogens is 400 g/mol. The average molecular weight is 419 g/mol. The van der Waals surface area contributed by atoms with Gasteiger partial charge in [-0.05, 0) is 24.7 Å². The van der Waals surface area contributed by atoms with Crippen LogP contribution in [0.3, 0.4) is 0 Å². The van der Waals surface area contributed by atoms with Crippen LogP contribution in [0.1, 0.15) is 37.4 Å². The Morgan fingerprint density at radius 2 is 1.50 bits per heavy atom. The molecule has 0 fully saturated rings. The largest absolute Gasteiger partial charge is 0.324 e. The van der Waals surface area contributed by atoms with Gasteiger partial charge in [-0.1, -0.05) is 66.2 Å². The van der Waals surface area contributed by atoms with Crippen molar-refractivity contribution in [2.75, 3.05) is 18.9 Å². The number of carbonyl (C=O) groups is 3. The number of carbonyl (C=O) groups excluding carboxylic acids is 3. The first-order valence-electron chi connectivity index (χ1n) is 9.49. The Labute approximate surface area is 179 Å². The van der Waals surface area contributed by atoms with Crippen LogP contribution in [0, 0.1) is 0 Å². The molecule has 0 saturated carbocycles. The lowest BCUT2D eigenvalue weighted by Gasteiger charge is -2.21. The first kappa shape index (κ1) is 20.0. The number of ketones is 2. The van der Waals surface area contributed by atoms with E-state index in [4.69, 9.17) is 11.6 Å². The van der Waals surface area contributed by atoms with Gasteiger partial charge in [0.15, 0.2) is 11.6 Å². The third-order valence-electron chi connectivity index (χ3n) is 5.04. The minimum Gasteiger partial charge on any atom is -0.324 e. The van der Waals surface area contributed by atoms with E-state index in [-0.39, 0.29) is 29.6 Å². The molecule has 0 aliphatic heterocycles. The van der Waals surface area contributed by atoms with Gasteiger partial charge in [0, 0.05) is 28.3 Å². The highest BCUT2D eigenvalue weighted by atomic mass is 35.5. The van der Waals surface area contributed by atoms with Gasteiger partial charge < -0.3 is 5.32 Å². The molecule has 0 atom stereocenters. The van der Waals surface area contributed by atoms with Crippen LogP contribution in [-0.4, -0.2) is 36.0 Å². The normalized spacial score (nSPS) is 12.5. The van der Waals surface area contributed by atoms with Gasteiger partial charge >= 0.3 is 0 Å². The minimum absolute atomic E-state index is 0.105. The molecule has 3 aromatic rings. The van der Waals surface area contributed by atoms with E-state index in [9.17, 15) is 14.4 Å². The fourth-order valence-corrected chi connectivity index (χ4v) is 3.85. The summed E-state index contributed by atoms with van der Waals surface area (Å²) in [6, 6.07) is 19.1. The number of likely N-dealkylation sites (N-methyl/N-ethyl adjacent to an activating group) is 1. The van der Waals surface area contributed by atoms with Gasteiger partial charge in [-0.25, -0.2) is 0 Å². The van der Waals surface area contributed by atoms with Crippen LogP contribution in [0.4, 0.5) is 5.69 Å². The fraction of sp³-hybridized carbons (Fsp3) is 0.125. The van der Waals surface area contributed by atoms with Gasteiger partial charge in [0.2, 0.25) is 5.91 Å². The van der Waals surface area contributed by atoms with E-state index in [1.807, 2.05) is 36.2 Å². The van der Waals surface area contributed by atoms with Crippen molar-refractivity contribution < 1.29 is 14.4 Å². The topological polar surface area (TPSA) is 66.5 Å². The molecular formula is C24H19ClN2O3. The van der Waals surface area contributed by atoms with Crippen LogP contribution in [0.15, 0.2) is 66.7 Å². The Bertz CT molecular complexity index is 1170. The summed E-state index contributed by atoms with van der Waals surface area (Å²) in [5.41, 5.74) is 2.55. The third kappa shape index (κ3) is 3.77. The smallest absolute Gasteiger partial charge is 0.238 e. The first-order chi connectivity index (χ1) is 14.5. The molecule has 0 aromatic heterocycles. The van der Waals surface area contributed by atoms with Crippen molar-refractivity contribution in [3.63, 3.8) is 0 Å². The second kappa shape index (κ2) is 8.22. The van der Waals surface area contributed by atoms with Gasteiger partial charge in [0.25, 0.3) is 0 Å². The summed E-state index contributed by atoms with van der Waals surface area (Å²) < 4.78 is 0. The summed E-state index contributed by atoms with van der Waals surface area (Å²) in [7, 11) is 1.81. The van der Waals surface area contributed by atoms with Crippen molar-refractivity contribution in [1.82, 2.24) is 4.90 Å². The molecule has 1 N–H and O–H groups in total. The molecule has 0 heterocycles. The van der Waals surface area contributed by atoms with Crippen molar-refractivity contribution in [2.24, 2.45) is 0 Å². The van der Waals surface area contributed by atoms with Crippen LogP contribution in [0.25, 0.3) is 0 Å². The molecule has 5 nitrogen and oxygen atoms in total. The lowest BCUT2D eigenvalue weighted by atomic mass is 9.83. The van der Waals surface area contributed by atoms with E-state index in [2.05, 4.69) is 5.32 Å². The maximum atomic E-state index is 13.0. The summed E-state index contributed by atoms with van der Waals surface area (Å²) in [6.45, 7) is 0.610. The molecule has 0 radical (unpaired) electrons. The number of benzene rings is 3. The lowest BCUT2D eigenvalue weighted by molar-refractivity contribution is -0.117. The molecule has 4 rings (SSSR count). The number of nitrogens with zero attached hydrogens (tertiary/aromatic N) is 1. The molecule has 0 bridgehead atoms. The highest BCUT2D eigenvalue weighted by Crippen LogP contribution is 2.31. The number of amides is 1. The summed E-state index contributed by atoms with van der Waals surface area (Å²) in [4.78, 5) is 40.3. The molecule has 1 aliphatic carbocycles. The lowest BCUT2D eigenvalue weighted by Crippen LogP contribution is -2.31. The summed E-state index contributed by atoms with van der Waals surface area (Å²) in [6.07, 6.45) is 0. The first-order valence-corrected chi connectivity index (χ1v) is 9.86. The summed E-state index contributed by atoms with van der Waals surface area (Å²) >= 11 is 6.19. The number of fused-ring (bicyclic) bond motifs is 2. The molecule has 1 aliphatic rings. The second-order valence-corrected chi connectivity index (χ2v) is 7.65. The molecule has 6 heteroatoms. The molecule has 0 spiro atoms. The van der Waals surface area contributed by atoms with Crippen LogP contribution < -0.4 is 5.32 Å². The quantitative estimate of drug-likeness (QED) is 0.528. The van der Waals surface area contributed by atoms with Crippen molar-refractivity contribution in [1.29, 1.82) is 0 Å². The zero-order valence-electron chi connectivity index (χ0n) is 16.3. The van der Waals surface area contributed by atoms with Crippen LogP contribution in [0.5, 0.6) is 0 Å². The standard InChI is InChI=1S/C24H19ClN2O3/c1-27(13-15-7-2-5-11-19(15)25)14-21(28)26-20-12-6-10-18-22(20)24(30)17-9-4-3-8-16(17)23(18)29/h2-12H,13-14H2,1H3,(H,26,28). The summed E-state index contributed by atoms with van der Waals surface area (Å²) in [5.74, 6) is -0.760. The predicted octanol–water partition coefficient (Wildman–Crippen LogP) is 4.19. The minimum atomic E-state index is -0.280.